The summed E-state index contributed by atoms with van der Waals surface area (Å²) in [5.41, 5.74) is 3.94. The number of aryl methyl sites for hydroxylation is 2. The third-order valence-electron chi connectivity index (χ3n) is 4.35. The van der Waals surface area contributed by atoms with E-state index in [1.165, 1.54) is 11.8 Å². The van der Waals surface area contributed by atoms with Crippen LogP contribution in [0.5, 0.6) is 0 Å². The van der Waals surface area contributed by atoms with Crippen LogP contribution < -0.4 is 5.32 Å². The van der Waals surface area contributed by atoms with E-state index in [2.05, 4.69) is 20.5 Å². The summed E-state index contributed by atoms with van der Waals surface area (Å²) < 4.78 is 2.02. The van der Waals surface area contributed by atoms with Crippen molar-refractivity contribution < 1.29 is 4.79 Å². The van der Waals surface area contributed by atoms with E-state index in [0.29, 0.717) is 0 Å². The van der Waals surface area contributed by atoms with Gasteiger partial charge in [-0.2, -0.15) is 0 Å². The van der Waals surface area contributed by atoms with Crippen LogP contribution in [-0.4, -0.2) is 30.9 Å². The Morgan fingerprint density at radius 2 is 1.81 bits per heavy atom. The molecular weight excluding hydrogens is 358 g/mol. The van der Waals surface area contributed by atoms with Gasteiger partial charge in [0.1, 0.15) is 0 Å². The maximum atomic E-state index is 12.7. The Balaban J connectivity index is 1.77. The molecule has 1 amide bonds. The van der Waals surface area contributed by atoms with E-state index < -0.39 is 0 Å². The number of nitrogens with one attached hydrogen (secondary N) is 1. The highest BCUT2D eigenvalue weighted by Crippen LogP contribution is 2.28. The van der Waals surface area contributed by atoms with Gasteiger partial charge >= 0.3 is 0 Å². The van der Waals surface area contributed by atoms with E-state index in [1.807, 2.05) is 62.6 Å². The first kappa shape index (κ1) is 19.1. The Labute approximate surface area is 163 Å². The normalized spacial score (nSPS) is 12.0. The van der Waals surface area contributed by atoms with E-state index >= 15 is 0 Å². The van der Waals surface area contributed by atoms with Gasteiger partial charge in [-0.15, -0.1) is 10.2 Å². The van der Waals surface area contributed by atoms with Crippen molar-refractivity contribution in [2.24, 2.45) is 0 Å². The molecule has 27 heavy (non-hydrogen) atoms. The molecule has 0 saturated heterocycles. The lowest BCUT2D eigenvalue weighted by Crippen LogP contribution is -2.23. The second kappa shape index (κ2) is 8.35. The van der Waals surface area contributed by atoms with E-state index in [1.54, 1.807) is 12.4 Å². The summed E-state index contributed by atoms with van der Waals surface area (Å²) in [5.74, 6) is 0.735. The average Bonchev–Trinajstić information content (AvgIpc) is 3.07. The molecule has 140 valence electrons. The van der Waals surface area contributed by atoms with Crippen LogP contribution in [0.25, 0.3) is 11.4 Å². The number of anilines is 1. The number of carbonyl (C=O) groups is 1. The first-order valence-corrected chi connectivity index (χ1v) is 9.76. The zero-order valence-electron chi connectivity index (χ0n) is 15.9. The van der Waals surface area contributed by atoms with Crippen LogP contribution in [0, 0.1) is 13.8 Å². The van der Waals surface area contributed by atoms with Crippen LogP contribution in [0.1, 0.15) is 25.0 Å². The number of pyridine rings is 1. The summed E-state index contributed by atoms with van der Waals surface area (Å²) in [5, 5.41) is 12.1. The van der Waals surface area contributed by atoms with Gasteiger partial charge in [0.2, 0.25) is 5.91 Å². The molecule has 1 N–H and O–H groups in total. The van der Waals surface area contributed by atoms with E-state index in [9.17, 15) is 4.79 Å². The number of nitrogens with zero attached hydrogens (tertiary/aromatic N) is 4. The molecule has 0 fully saturated rings. The Morgan fingerprint density at radius 3 is 2.44 bits per heavy atom. The summed E-state index contributed by atoms with van der Waals surface area (Å²) in [6, 6.07) is 9.79. The van der Waals surface area contributed by atoms with Crippen molar-refractivity contribution in [1.29, 1.82) is 0 Å². The summed E-state index contributed by atoms with van der Waals surface area (Å²) in [7, 11) is 0. The molecule has 1 atom stereocenters. The predicted octanol–water partition coefficient (Wildman–Crippen LogP) is 4.10. The molecule has 0 aliphatic rings. The van der Waals surface area contributed by atoms with Gasteiger partial charge in [-0.25, -0.2) is 0 Å². The zero-order chi connectivity index (χ0) is 19.4. The highest BCUT2D eigenvalue weighted by atomic mass is 32.2. The van der Waals surface area contributed by atoms with Gasteiger partial charge in [0.25, 0.3) is 0 Å². The van der Waals surface area contributed by atoms with Crippen LogP contribution in [-0.2, 0) is 11.3 Å². The van der Waals surface area contributed by atoms with Crippen LogP contribution in [0.3, 0.4) is 0 Å². The molecule has 2 aromatic heterocycles. The fourth-order valence-electron chi connectivity index (χ4n) is 2.82. The Kier molecular flexibility index (Phi) is 5.91. The largest absolute Gasteiger partial charge is 0.325 e. The first-order valence-electron chi connectivity index (χ1n) is 8.88. The van der Waals surface area contributed by atoms with Crippen molar-refractivity contribution in [2.45, 2.75) is 44.6 Å². The first-order chi connectivity index (χ1) is 13.0. The molecule has 0 radical (unpaired) electrons. The highest BCUT2D eigenvalue weighted by molar-refractivity contribution is 8.00. The number of carbonyl (C=O) groups excluding carboxylic acids is 1. The molecule has 0 spiro atoms. The smallest absolute Gasteiger partial charge is 0.237 e. The number of para-hydroxylation sites is 1. The summed E-state index contributed by atoms with van der Waals surface area (Å²) >= 11 is 1.41. The van der Waals surface area contributed by atoms with Crippen LogP contribution >= 0.6 is 11.8 Å². The fourth-order valence-corrected chi connectivity index (χ4v) is 3.74. The average molecular weight is 382 g/mol. The van der Waals surface area contributed by atoms with Crippen LogP contribution in [0.4, 0.5) is 5.69 Å². The number of aromatic nitrogens is 4. The third-order valence-corrected chi connectivity index (χ3v) is 5.43. The van der Waals surface area contributed by atoms with Crippen LogP contribution in [0.15, 0.2) is 47.9 Å². The lowest BCUT2D eigenvalue weighted by Gasteiger charge is -2.15. The van der Waals surface area contributed by atoms with Crippen molar-refractivity contribution in [1.82, 2.24) is 19.7 Å². The number of hydrogen-bond acceptors (Lipinski definition) is 5. The van der Waals surface area contributed by atoms with Gasteiger partial charge in [-0.1, -0.05) is 30.0 Å². The quantitative estimate of drug-likeness (QED) is 0.651. The molecule has 0 aliphatic heterocycles. The molecule has 2 heterocycles. The molecule has 7 heteroatoms. The topological polar surface area (TPSA) is 72.7 Å². The number of amides is 1. The molecule has 0 aliphatic carbocycles. The number of thioether (sulfide) groups is 1. The minimum Gasteiger partial charge on any atom is -0.325 e. The molecular formula is C20H23N5OS. The highest BCUT2D eigenvalue weighted by Gasteiger charge is 2.21. The maximum absolute atomic E-state index is 12.7. The lowest BCUT2D eigenvalue weighted by atomic mass is 10.1. The lowest BCUT2D eigenvalue weighted by molar-refractivity contribution is -0.115. The van der Waals surface area contributed by atoms with Crippen molar-refractivity contribution in [3.63, 3.8) is 0 Å². The second-order valence-electron chi connectivity index (χ2n) is 6.30. The second-order valence-corrected chi connectivity index (χ2v) is 7.61. The van der Waals surface area contributed by atoms with E-state index in [-0.39, 0.29) is 11.2 Å². The zero-order valence-corrected chi connectivity index (χ0v) is 16.7. The molecule has 3 aromatic rings. The van der Waals surface area contributed by atoms with Crippen molar-refractivity contribution in [3.05, 3.63) is 53.9 Å². The maximum Gasteiger partial charge on any atom is 0.237 e. The SMILES string of the molecule is CCn1c(SC(C)C(=O)Nc2c(C)cccc2C)nnc1-c1ccncc1. The standard InChI is InChI=1S/C20H23N5OS/c1-5-25-18(16-9-11-21-12-10-16)23-24-20(25)27-15(4)19(26)22-17-13(2)7-6-8-14(17)3/h6-12,15H,5H2,1-4H3,(H,22,26). The van der Waals surface area contributed by atoms with E-state index in [4.69, 9.17) is 0 Å². The van der Waals surface area contributed by atoms with Gasteiger partial charge in [0.15, 0.2) is 11.0 Å². The van der Waals surface area contributed by atoms with Crippen molar-refractivity contribution >= 4 is 23.4 Å². The molecule has 0 saturated carbocycles. The Bertz CT molecular complexity index is 919. The van der Waals surface area contributed by atoms with Gasteiger partial charge < -0.3 is 9.88 Å². The molecule has 3 rings (SSSR count). The summed E-state index contributed by atoms with van der Waals surface area (Å²) in [6.07, 6.45) is 3.47. The Hall–Kier alpha value is -2.67. The minimum atomic E-state index is -0.302. The molecule has 6 nitrogen and oxygen atoms in total. The number of benzene rings is 1. The van der Waals surface area contributed by atoms with Crippen molar-refractivity contribution in [3.8, 4) is 11.4 Å². The predicted molar refractivity (Wildman–Crippen MR) is 109 cm³/mol. The number of rotatable bonds is 6. The van der Waals surface area contributed by atoms with E-state index in [0.717, 1.165) is 39.9 Å². The number of hydrogen-bond donors (Lipinski definition) is 1. The van der Waals surface area contributed by atoms with Gasteiger partial charge in [-0.05, 0) is 51.0 Å². The summed E-state index contributed by atoms with van der Waals surface area (Å²) in [6.45, 7) is 8.64. The minimum absolute atomic E-state index is 0.0477. The third kappa shape index (κ3) is 4.19. The molecule has 0 bridgehead atoms. The van der Waals surface area contributed by atoms with Crippen LogP contribution in [0.2, 0.25) is 0 Å². The monoisotopic (exact) mass is 381 g/mol. The Morgan fingerprint density at radius 1 is 1.15 bits per heavy atom. The van der Waals surface area contributed by atoms with Gasteiger partial charge in [0, 0.05) is 30.2 Å². The molecule has 1 unspecified atom stereocenters. The summed E-state index contributed by atoms with van der Waals surface area (Å²) in [4.78, 5) is 16.7. The van der Waals surface area contributed by atoms with Gasteiger partial charge in [0.05, 0.1) is 5.25 Å². The fraction of sp³-hybridized carbons (Fsp3) is 0.300. The van der Waals surface area contributed by atoms with Crippen molar-refractivity contribution in [2.75, 3.05) is 5.32 Å². The molecule has 1 aromatic carbocycles. The van der Waals surface area contributed by atoms with Gasteiger partial charge in [-0.3, -0.25) is 9.78 Å².